The molecule has 1 aromatic heterocycles. The van der Waals surface area contributed by atoms with E-state index in [0.29, 0.717) is 17.7 Å². The van der Waals surface area contributed by atoms with Crippen molar-refractivity contribution in [3.8, 4) is 0 Å². The zero-order valence-corrected chi connectivity index (χ0v) is 9.60. The number of rotatable bonds is 3. The molecule has 0 radical (unpaired) electrons. The van der Waals surface area contributed by atoms with Crippen LogP contribution in [-0.2, 0) is 6.54 Å². The fourth-order valence-corrected chi connectivity index (χ4v) is 1.70. The van der Waals surface area contributed by atoms with Gasteiger partial charge in [0.1, 0.15) is 0 Å². The number of fused-ring (bicyclic) bond motifs is 1. The third kappa shape index (κ3) is 2.17. The summed E-state index contributed by atoms with van der Waals surface area (Å²) in [5.41, 5.74) is 0.823. The van der Waals surface area contributed by atoms with Crippen molar-refractivity contribution in [2.45, 2.75) is 6.54 Å². The van der Waals surface area contributed by atoms with Gasteiger partial charge in [-0.25, -0.2) is 0 Å². The summed E-state index contributed by atoms with van der Waals surface area (Å²) in [4.78, 5) is 11.6. The second kappa shape index (κ2) is 4.99. The van der Waals surface area contributed by atoms with Crippen LogP contribution in [0.1, 0.15) is 0 Å². The van der Waals surface area contributed by atoms with Crippen molar-refractivity contribution in [2.75, 3.05) is 5.75 Å². The summed E-state index contributed by atoms with van der Waals surface area (Å²) in [7, 11) is 0. The number of thiol groups is 1. The van der Waals surface area contributed by atoms with E-state index < -0.39 is 0 Å². The first-order valence-electron chi connectivity index (χ1n) is 5.03. The van der Waals surface area contributed by atoms with Crippen LogP contribution in [0.5, 0.6) is 0 Å². The summed E-state index contributed by atoms with van der Waals surface area (Å²) >= 11 is 4.09. The van der Waals surface area contributed by atoms with E-state index in [9.17, 15) is 4.79 Å². The SMILES string of the molecule is O=c1cnn(CC=CCS)c2ccccc12. The van der Waals surface area contributed by atoms with Gasteiger partial charge < -0.3 is 0 Å². The predicted octanol–water partition coefficient (Wildman–Crippen LogP) is 1.88. The van der Waals surface area contributed by atoms with E-state index in [1.165, 1.54) is 6.20 Å². The number of hydrogen-bond acceptors (Lipinski definition) is 3. The van der Waals surface area contributed by atoms with Gasteiger partial charge in [-0.1, -0.05) is 24.3 Å². The molecule has 0 saturated carbocycles. The fourth-order valence-electron chi connectivity index (χ4n) is 1.56. The van der Waals surface area contributed by atoms with Crippen LogP contribution in [0.3, 0.4) is 0 Å². The van der Waals surface area contributed by atoms with E-state index in [1.54, 1.807) is 4.68 Å². The summed E-state index contributed by atoms with van der Waals surface area (Å²) in [5, 5.41) is 4.81. The number of benzene rings is 1. The van der Waals surface area contributed by atoms with Crippen LogP contribution >= 0.6 is 12.6 Å². The number of hydrogen-bond donors (Lipinski definition) is 1. The second-order valence-corrected chi connectivity index (χ2v) is 3.73. The Morgan fingerprint density at radius 1 is 1.31 bits per heavy atom. The van der Waals surface area contributed by atoms with Crippen LogP contribution in [-0.4, -0.2) is 15.5 Å². The Morgan fingerprint density at radius 3 is 2.94 bits per heavy atom. The molecule has 0 spiro atoms. The van der Waals surface area contributed by atoms with Crippen molar-refractivity contribution in [3.63, 3.8) is 0 Å². The molecule has 1 aromatic carbocycles. The molecule has 0 aliphatic carbocycles. The van der Waals surface area contributed by atoms with Crippen LogP contribution in [0.2, 0.25) is 0 Å². The monoisotopic (exact) mass is 232 g/mol. The first-order chi connectivity index (χ1) is 7.83. The number of para-hydroxylation sites is 1. The van der Waals surface area contributed by atoms with Crippen molar-refractivity contribution in [1.82, 2.24) is 9.78 Å². The molecule has 3 nitrogen and oxygen atoms in total. The minimum Gasteiger partial charge on any atom is -0.287 e. The van der Waals surface area contributed by atoms with Crippen LogP contribution in [0.25, 0.3) is 10.9 Å². The Kier molecular flexibility index (Phi) is 3.41. The molecule has 1 heterocycles. The van der Waals surface area contributed by atoms with Gasteiger partial charge in [-0.3, -0.25) is 9.48 Å². The molecular weight excluding hydrogens is 220 g/mol. The number of aromatic nitrogens is 2. The van der Waals surface area contributed by atoms with Gasteiger partial charge in [0.15, 0.2) is 0 Å². The molecule has 0 aliphatic rings. The molecule has 2 aromatic rings. The lowest BCUT2D eigenvalue weighted by molar-refractivity contribution is 0.709. The Labute approximate surface area is 98.8 Å². The second-order valence-electron chi connectivity index (χ2n) is 3.36. The van der Waals surface area contributed by atoms with Gasteiger partial charge in [-0.05, 0) is 12.1 Å². The average molecular weight is 232 g/mol. The highest BCUT2D eigenvalue weighted by atomic mass is 32.1. The molecule has 0 fully saturated rings. The smallest absolute Gasteiger partial charge is 0.207 e. The van der Waals surface area contributed by atoms with Gasteiger partial charge in [0.25, 0.3) is 0 Å². The predicted molar refractivity (Wildman–Crippen MR) is 69.0 cm³/mol. The minimum atomic E-state index is -0.0370. The Bertz CT molecular complexity index is 574. The Balaban J connectivity index is 2.50. The van der Waals surface area contributed by atoms with E-state index in [-0.39, 0.29) is 5.43 Å². The van der Waals surface area contributed by atoms with Crippen molar-refractivity contribution in [2.24, 2.45) is 0 Å². The average Bonchev–Trinajstić information content (AvgIpc) is 2.33. The zero-order valence-electron chi connectivity index (χ0n) is 8.71. The maximum atomic E-state index is 11.6. The summed E-state index contributed by atoms with van der Waals surface area (Å²) in [5.74, 6) is 0.706. The van der Waals surface area contributed by atoms with E-state index in [0.717, 1.165) is 5.52 Å². The van der Waals surface area contributed by atoms with Gasteiger partial charge >= 0.3 is 0 Å². The molecule has 0 bridgehead atoms. The molecule has 0 amide bonds. The van der Waals surface area contributed by atoms with Crippen molar-refractivity contribution in [3.05, 3.63) is 52.8 Å². The van der Waals surface area contributed by atoms with Crippen LogP contribution < -0.4 is 5.43 Å². The molecule has 2 rings (SSSR count). The standard InChI is InChI=1S/C12H12N2OS/c15-12-9-13-14(7-3-4-8-16)11-6-2-1-5-10(11)12/h1-6,9,16H,7-8H2. The first kappa shape index (κ1) is 11.0. The molecule has 0 aliphatic heterocycles. The Morgan fingerprint density at radius 2 is 2.12 bits per heavy atom. The summed E-state index contributed by atoms with van der Waals surface area (Å²) in [6.07, 6.45) is 5.30. The fraction of sp³-hybridized carbons (Fsp3) is 0.167. The van der Waals surface area contributed by atoms with Crippen LogP contribution in [0.15, 0.2) is 47.4 Å². The summed E-state index contributed by atoms with van der Waals surface area (Å²) in [6.45, 7) is 0.654. The molecular formula is C12H12N2OS. The third-order valence-corrected chi connectivity index (χ3v) is 2.52. The van der Waals surface area contributed by atoms with E-state index in [4.69, 9.17) is 0 Å². The topological polar surface area (TPSA) is 34.9 Å². The molecule has 0 N–H and O–H groups in total. The van der Waals surface area contributed by atoms with E-state index in [2.05, 4.69) is 17.7 Å². The molecule has 0 atom stereocenters. The maximum absolute atomic E-state index is 11.6. The van der Waals surface area contributed by atoms with Gasteiger partial charge in [-0.2, -0.15) is 17.7 Å². The van der Waals surface area contributed by atoms with Crippen molar-refractivity contribution in [1.29, 1.82) is 0 Å². The Hall–Kier alpha value is -1.55. The molecule has 0 unspecified atom stereocenters. The summed E-state index contributed by atoms with van der Waals surface area (Å²) in [6, 6.07) is 7.48. The van der Waals surface area contributed by atoms with Crippen molar-refractivity contribution >= 4 is 23.5 Å². The van der Waals surface area contributed by atoms with Gasteiger partial charge in [-0.15, -0.1) is 0 Å². The lowest BCUT2D eigenvalue weighted by Gasteiger charge is -2.05. The zero-order chi connectivity index (χ0) is 11.4. The maximum Gasteiger partial charge on any atom is 0.207 e. The van der Waals surface area contributed by atoms with Gasteiger partial charge in [0.2, 0.25) is 5.43 Å². The van der Waals surface area contributed by atoms with Crippen LogP contribution in [0.4, 0.5) is 0 Å². The summed E-state index contributed by atoms with van der Waals surface area (Å²) < 4.78 is 1.80. The highest BCUT2D eigenvalue weighted by molar-refractivity contribution is 7.80. The molecule has 16 heavy (non-hydrogen) atoms. The van der Waals surface area contributed by atoms with Gasteiger partial charge in [0.05, 0.1) is 18.3 Å². The largest absolute Gasteiger partial charge is 0.287 e. The molecule has 0 saturated heterocycles. The molecule has 82 valence electrons. The molecule has 4 heteroatoms. The van der Waals surface area contributed by atoms with Crippen molar-refractivity contribution < 1.29 is 0 Å². The minimum absolute atomic E-state index is 0.0370. The van der Waals surface area contributed by atoms with E-state index >= 15 is 0 Å². The first-order valence-corrected chi connectivity index (χ1v) is 5.67. The lowest BCUT2D eigenvalue weighted by Crippen LogP contribution is -2.11. The third-order valence-electron chi connectivity index (χ3n) is 2.31. The van der Waals surface area contributed by atoms with Gasteiger partial charge in [0, 0.05) is 11.1 Å². The quantitative estimate of drug-likeness (QED) is 0.648. The van der Waals surface area contributed by atoms with E-state index in [1.807, 2.05) is 36.4 Å². The number of allylic oxidation sites excluding steroid dienone is 1. The van der Waals surface area contributed by atoms with Crippen LogP contribution in [0, 0.1) is 0 Å². The highest BCUT2D eigenvalue weighted by Crippen LogP contribution is 2.07. The number of nitrogens with zero attached hydrogens (tertiary/aromatic N) is 2. The highest BCUT2D eigenvalue weighted by Gasteiger charge is 2.00. The lowest BCUT2D eigenvalue weighted by atomic mass is 10.2. The normalized spacial score (nSPS) is 11.3.